The molecule has 2 fully saturated rings. The number of ether oxygens (including phenoxy) is 1. The third-order valence-corrected chi connectivity index (χ3v) is 5.59. The van der Waals surface area contributed by atoms with Gasteiger partial charge >= 0.3 is 0 Å². The molecule has 0 saturated carbocycles. The number of hydrogen-bond donors (Lipinski definition) is 0. The lowest BCUT2D eigenvalue weighted by Gasteiger charge is -2.42. The first kappa shape index (κ1) is 18.3. The summed E-state index contributed by atoms with van der Waals surface area (Å²) in [4.78, 5) is 2.55. The van der Waals surface area contributed by atoms with Crippen molar-refractivity contribution in [2.24, 2.45) is 5.92 Å². The van der Waals surface area contributed by atoms with Gasteiger partial charge in [-0.2, -0.15) is 0 Å². The monoisotopic (exact) mass is 315 g/mol. The molecule has 2 aliphatic rings. The average Bonchev–Trinajstić information content (AvgIpc) is 3.29. The highest BCUT2D eigenvalue weighted by Gasteiger charge is 2.55. The molecule has 0 bridgehead atoms. The second-order valence-corrected chi connectivity index (χ2v) is 7.30. The lowest BCUT2D eigenvalue weighted by Crippen LogP contribution is -2.50. The van der Waals surface area contributed by atoms with Crippen molar-refractivity contribution >= 4 is 0 Å². The summed E-state index contributed by atoms with van der Waals surface area (Å²) in [5.41, 5.74) is 7.20. The molecule has 2 heterocycles. The predicted octanol–water partition coefficient (Wildman–Crippen LogP) is 4.89. The summed E-state index contributed by atoms with van der Waals surface area (Å²) in [7, 11) is 2.28. The molecule has 128 valence electrons. The van der Waals surface area contributed by atoms with Gasteiger partial charge in [0.2, 0.25) is 0 Å². The smallest absolute Gasteiger partial charge is 0.0974 e. The number of piperidine rings is 1. The van der Waals surface area contributed by atoms with E-state index in [1.165, 1.54) is 29.6 Å². The maximum Gasteiger partial charge on any atom is 0.0974 e. The van der Waals surface area contributed by atoms with Gasteiger partial charge in [0, 0.05) is 18.5 Å². The van der Waals surface area contributed by atoms with Crippen molar-refractivity contribution in [3.05, 3.63) is 41.2 Å². The van der Waals surface area contributed by atoms with Gasteiger partial charge in [0.25, 0.3) is 0 Å². The van der Waals surface area contributed by atoms with Crippen molar-refractivity contribution in [3.63, 3.8) is 0 Å². The van der Waals surface area contributed by atoms with Crippen molar-refractivity contribution in [2.75, 3.05) is 20.2 Å². The predicted molar refractivity (Wildman–Crippen MR) is 98.6 cm³/mol. The number of hydrogen-bond acceptors (Lipinski definition) is 2. The van der Waals surface area contributed by atoms with Gasteiger partial charge in [-0.1, -0.05) is 38.5 Å². The van der Waals surface area contributed by atoms with Crippen LogP contribution < -0.4 is 0 Å². The van der Waals surface area contributed by atoms with Crippen molar-refractivity contribution in [2.45, 2.75) is 65.0 Å². The Morgan fingerprint density at radius 1 is 1.39 bits per heavy atom. The number of likely N-dealkylation sites (tertiary alicyclic amines) is 1. The van der Waals surface area contributed by atoms with Crippen LogP contribution in [0, 0.1) is 5.92 Å². The molecular weight excluding hydrogens is 282 g/mol. The van der Waals surface area contributed by atoms with Gasteiger partial charge in [-0.15, -0.1) is 5.73 Å². The third-order valence-electron chi connectivity index (χ3n) is 5.59. The lowest BCUT2D eigenvalue weighted by atomic mass is 9.77. The number of rotatable bonds is 6. The minimum absolute atomic E-state index is 0.174. The molecule has 0 amide bonds. The summed E-state index contributed by atoms with van der Waals surface area (Å²) in [5.74, 6) is 0.701. The molecule has 2 nitrogen and oxygen atoms in total. The molecule has 23 heavy (non-hydrogen) atoms. The first-order valence-electron chi connectivity index (χ1n) is 9.05. The Hall–Kier alpha value is -1.08. The maximum atomic E-state index is 5.97. The summed E-state index contributed by atoms with van der Waals surface area (Å²) in [6, 6.07) is 0.498. The van der Waals surface area contributed by atoms with Crippen LogP contribution in [0.4, 0.5) is 0 Å². The molecular formula is C21H33NO. The van der Waals surface area contributed by atoms with Crippen LogP contribution in [0.25, 0.3) is 0 Å². The zero-order valence-electron chi connectivity index (χ0n) is 15.6. The first-order valence-corrected chi connectivity index (χ1v) is 9.05. The Balaban J connectivity index is 2.24. The second-order valence-electron chi connectivity index (χ2n) is 7.30. The van der Waals surface area contributed by atoms with Gasteiger partial charge in [0.1, 0.15) is 0 Å². The molecule has 2 rings (SSSR count). The molecule has 2 aliphatic heterocycles. The fraction of sp³-hybridized carbons (Fsp3) is 0.667. The highest BCUT2D eigenvalue weighted by atomic mass is 16.6. The van der Waals surface area contributed by atoms with Crippen molar-refractivity contribution in [1.82, 2.24) is 4.90 Å². The SMILES string of the molecule is C=C=C/C(C)=C\C(CC)=C(/C)C1CC2(CO2)C(CCC)CN1C. The number of allylic oxidation sites excluding steroid dienone is 4. The summed E-state index contributed by atoms with van der Waals surface area (Å²) >= 11 is 0. The zero-order chi connectivity index (χ0) is 17.0. The molecule has 0 aromatic heterocycles. The standard InChI is InChI=1S/C21H33NO/c1-7-10-16(4)12-18(9-3)17(5)20-13-21(15-23-21)19(11-8-2)14-22(20)6/h10,12,19-20H,1,8-9,11,13-15H2,2-6H3/b16-12-,18-17+. The third kappa shape index (κ3) is 4.07. The molecule has 1 spiro atoms. The van der Waals surface area contributed by atoms with E-state index in [0.29, 0.717) is 12.0 Å². The molecule has 2 saturated heterocycles. The van der Waals surface area contributed by atoms with E-state index in [1.807, 2.05) is 6.08 Å². The summed E-state index contributed by atoms with van der Waals surface area (Å²) in [6.45, 7) is 14.7. The Morgan fingerprint density at radius 3 is 2.61 bits per heavy atom. The highest BCUT2D eigenvalue weighted by molar-refractivity contribution is 5.34. The van der Waals surface area contributed by atoms with Gasteiger partial charge in [-0.25, -0.2) is 0 Å². The summed E-state index contributed by atoms with van der Waals surface area (Å²) in [5, 5.41) is 0. The van der Waals surface area contributed by atoms with Crippen molar-refractivity contribution in [3.8, 4) is 0 Å². The van der Waals surface area contributed by atoms with E-state index >= 15 is 0 Å². The zero-order valence-corrected chi connectivity index (χ0v) is 15.6. The molecule has 0 aromatic carbocycles. The molecule has 0 N–H and O–H groups in total. The normalized spacial score (nSPS) is 32.5. The van der Waals surface area contributed by atoms with Gasteiger partial charge in [-0.05, 0) is 57.4 Å². The van der Waals surface area contributed by atoms with Gasteiger partial charge in [0.05, 0.1) is 12.2 Å². The van der Waals surface area contributed by atoms with Crippen LogP contribution in [-0.4, -0.2) is 36.7 Å². The average molecular weight is 316 g/mol. The van der Waals surface area contributed by atoms with Crippen LogP contribution in [0.5, 0.6) is 0 Å². The highest BCUT2D eigenvalue weighted by Crippen LogP contribution is 2.47. The molecule has 0 aromatic rings. The molecule has 3 unspecified atom stereocenters. The van der Waals surface area contributed by atoms with E-state index < -0.39 is 0 Å². The van der Waals surface area contributed by atoms with Crippen LogP contribution in [0.2, 0.25) is 0 Å². The molecule has 0 radical (unpaired) electrons. The molecule has 3 atom stereocenters. The molecule has 0 aliphatic carbocycles. The largest absolute Gasteiger partial charge is 0.369 e. The maximum absolute atomic E-state index is 5.97. The lowest BCUT2D eigenvalue weighted by molar-refractivity contribution is 0.0637. The Bertz CT molecular complexity index is 532. The van der Waals surface area contributed by atoms with E-state index in [0.717, 1.165) is 26.0 Å². The van der Waals surface area contributed by atoms with E-state index in [-0.39, 0.29) is 5.60 Å². The van der Waals surface area contributed by atoms with Crippen LogP contribution in [0.15, 0.2) is 41.2 Å². The van der Waals surface area contributed by atoms with Crippen LogP contribution in [-0.2, 0) is 4.74 Å². The Morgan fingerprint density at radius 2 is 2.09 bits per heavy atom. The minimum atomic E-state index is 0.174. The van der Waals surface area contributed by atoms with Gasteiger partial charge < -0.3 is 4.74 Å². The number of epoxide rings is 1. The number of nitrogens with zero attached hydrogens (tertiary/aromatic N) is 1. The van der Waals surface area contributed by atoms with Crippen LogP contribution >= 0.6 is 0 Å². The van der Waals surface area contributed by atoms with E-state index in [1.54, 1.807) is 0 Å². The topological polar surface area (TPSA) is 15.8 Å². The number of likely N-dealkylation sites (N-methyl/N-ethyl adjacent to an activating group) is 1. The van der Waals surface area contributed by atoms with Crippen LogP contribution in [0.3, 0.4) is 0 Å². The van der Waals surface area contributed by atoms with E-state index in [2.05, 4.69) is 58.0 Å². The van der Waals surface area contributed by atoms with Crippen molar-refractivity contribution < 1.29 is 4.74 Å². The van der Waals surface area contributed by atoms with Gasteiger partial charge in [-0.3, -0.25) is 4.90 Å². The minimum Gasteiger partial charge on any atom is -0.369 e. The van der Waals surface area contributed by atoms with Crippen LogP contribution in [0.1, 0.15) is 53.4 Å². The fourth-order valence-electron chi connectivity index (χ4n) is 4.11. The fourth-order valence-corrected chi connectivity index (χ4v) is 4.11. The summed E-state index contributed by atoms with van der Waals surface area (Å²) in [6.07, 6.45) is 8.98. The van der Waals surface area contributed by atoms with Gasteiger partial charge in [0.15, 0.2) is 0 Å². The quantitative estimate of drug-likeness (QED) is 0.394. The van der Waals surface area contributed by atoms with E-state index in [4.69, 9.17) is 4.74 Å². The van der Waals surface area contributed by atoms with E-state index in [9.17, 15) is 0 Å². The Kier molecular flexibility index (Phi) is 6.08. The molecule has 2 heteroatoms. The first-order chi connectivity index (χ1) is 11.0. The van der Waals surface area contributed by atoms with Crippen molar-refractivity contribution in [1.29, 1.82) is 0 Å². The second kappa shape index (κ2) is 7.66. The summed E-state index contributed by atoms with van der Waals surface area (Å²) < 4.78 is 5.97. The Labute approximate surface area is 142 Å².